The molecule has 0 aliphatic carbocycles. The van der Waals surface area contributed by atoms with Crippen LogP contribution in [-0.4, -0.2) is 37.8 Å². The number of nitrogen functional groups attached to an aromatic ring is 1. The van der Waals surface area contributed by atoms with Crippen LogP contribution in [0.5, 0.6) is 0 Å². The van der Waals surface area contributed by atoms with Crippen molar-refractivity contribution in [3.63, 3.8) is 0 Å². The Kier molecular flexibility index (Phi) is 4.16. The standard InChI is InChI=1S/C13H21N7/c1-5-19(6-2)12-15-11(14)16-13(17-12)20-8-7-10(18-20)9(3)4/h7-9H,5-6H2,1-4H3,(H2,14,15,16,17). The third kappa shape index (κ3) is 2.87. The topological polar surface area (TPSA) is 85.8 Å². The van der Waals surface area contributed by atoms with Gasteiger partial charge in [0.25, 0.3) is 5.95 Å². The van der Waals surface area contributed by atoms with Gasteiger partial charge in [-0.15, -0.1) is 0 Å². The van der Waals surface area contributed by atoms with Crippen molar-refractivity contribution in [2.75, 3.05) is 23.7 Å². The summed E-state index contributed by atoms with van der Waals surface area (Å²) < 4.78 is 1.64. The number of nitrogens with two attached hydrogens (primary N) is 1. The Morgan fingerprint density at radius 3 is 2.45 bits per heavy atom. The van der Waals surface area contributed by atoms with Crippen LogP contribution in [0.15, 0.2) is 12.3 Å². The Hall–Kier alpha value is -2.18. The number of rotatable bonds is 5. The van der Waals surface area contributed by atoms with E-state index < -0.39 is 0 Å². The van der Waals surface area contributed by atoms with Crippen LogP contribution < -0.4 is 10.6 Å². The van der Waals surface area contributed by atoms with E-state index in [-0.39, 0.29) is 5.95 Å². The average molecular weight is 275 g/mol. The van der Waals surface area contributed by atoms with Crippen LogP contribution in [0, 0.1) is 0 Å². The molecule has 0 aliphatic rings. The summed E-state index contributed by atoms with van der Waals surface area (Å²) in [5.41, 5.74) is 6.77. The third-order valence-electron chi connectivity index (χ3n) is 3.08. The molecule has 7 nitrogen and oxygen atoms in total. The molecule has 2 aromatic rings. The van der Waals surface area contributed by atoms with E-state index in [1.54, 1.807) is 4.68 Å². The van der Waals surface area contributed by atoms with E-state index in [4.69, 9.17) is 5.73 Å². The van der Waals surface area contributed by atoms with Gasteiger partial charge in [0.15, 0.2) is 0 Å². The summed E-state index contributed by atoms with van der Waals surface area (Å²) in [7, 11) is 0. The van der Waals surface area contributed by atoms with Crippen LogP contribution in [0.4, 0.5) is 11.9 Å². The minimum absolute atomic E-state index is 0.207. The van der Waals surface area contributed by atoms with Gasteiger partial charge in [0.2, 0.25) is 11.9 Å². The molecule has 0 unspecified atom stereocenters. The first-order chi connectivity index (χ1) is 9.55. The molecule has 108 valence electrons. The molecular weight excluding hydrogens is 254 g/mol. The van der Waals surface area contributed by atoms with Gasteiger partial charge in [0, 0.05) is 19.3 Å². The fraction of sp³-hybridized carbons (Fsp3) is 0.538. The zero-order valence-corrected chi connectivity index (χ0v) is 12.4. The highest BCUT2D eigenvalue weighted by atomic mass is 15.4. The minimum atomic E-state index is 0.207. The fourth-order valence-corrected chi connectivity index (χ4v) is 1.88. The van der Waals surface area contributed by atoms with E-state index in [2.05, 4.69) is 33.9 Å². The Balaban J connectivity index is 2.40. The molecule has 0 aliphatic heterocycles. The lowest BCUT2D eigenvalue weighted by atomic mass is 10.1. The molecule has 0 bridgehead atoms. The highest BCUT2D eigenvalue weighted by molar-refractivity contribution is 5.37. The maximum atomic E-state index is 5.78. The number of hydrogen-bond donors (Lipinski definition) is 1. The molecule has 2 N–H and O–H groups in total. The molecule has 2 rings (SSSR count). The van der Waals surface area contributed by atoms with Crippen molar-refractivity contribution in [2.24, 2.45) is 0 Å². The monoisotopic (exact) mass is 275 g/mol. The van der Waals surface area contributed by atoms with E-state index in [1.165, 1.54) is 0 Å². The number of aromatic nitrogens is 5. The lowest BCUT2D eigenvalue weighted by molar-refractivity contribution is 0.729. The summed E-state index contributed by atoms with van der Waals surface area (Å²) in [6.45, 7) is 9.92. The first-order valence-electron chi connectivity index (χ1n) is 6.87. The molecular formula is C13H21N7. The van der Waals surface area contributed by atoms with Crippen molar-refractivity contribution in [1.82, 2.24) is 24.7 Å². The second-order valence-electron chi connectivity index (χ2n) is 4.81. The maximum absolute atomic E-state index is 5.78. The summed E-state index contributed by atoms with van der Waals surface area (Å²) in [6, 6.07) is 1.96. The van der Waals surface area contributed by atoms with Gasteiger partial charge in [-0.05, 0) is 25.8 Å². The summed E-state index contributed by atoms with van der Waals surface area (Å²) in [5, 5.41) is 4.46. The predicted octanol–water partition coefficient (Wildman–Crippen LogP) is 1.61. The van der Waals surface area contributed by atoms with Crippen molar-refractivity contribution in [2.45, 2.75) is 33.6 Å². The van der Waals surface area contributed by atoms with Crippen LogP contribution in [0.25, 0.3) is 5.95 Å². The molecule has 20 heavy (non-hydrogen) atoms. The minimum Gasteiger partial charge on any atom is -0.368 e. The van der Waals surface area contributed by atoms with Crippen LogP contribution in [0.3, 0.4) is 0 Å². The molecule has 2 aromatic heterocycles. The van der Waals surface area contributed by atoms with Crippen LogP contribution >= 0.6 is 0 Å². The first kappa shape index (κ1) is 14.2. The van der Waals surface area contributed by atoms with Gasteiger partial charge in [-0.1, -0.05) is 13.8 Å². The quantitative estimate of drug-likeness (QED) is 0.892. The van der Waals surface area contributed by atoms with Crippen molar-refractivity contribution in [3.8, 4) is 5.95 Å². The van der Waals surface area contributed by atoms with Gasteiger partial charge in [-0.2, -0.15) is 20.1 Å². The van der Waals surface area contributed by atoms with Crippen LogP contribution in [0.1, 0.15) is 39.3 Å². The van der Waals surface area contributed by atoms with E-state index in [1.807, 2.05) is 31.0 Å². The largest absolute Gasteiger partial charge is 0.368 e. The fourth-order valence-electron chi connectivity index (χ4n) is 1.88. The molecule has 0 saturated carbocycles. The van der Waals surface area contributed by atoms with E-state index in [0.29, 0.717) is 17.8 Å². The number of nitrogens with zero attached hydrogens (tertiary/aromatic N) is 6. The van der Waals surface area contributed by atoms with E-state index in [0.717, 1.165) is 18.8 Å². The van der Waals surface area contributed by atoms with Crippen molar-refractivity contribution >= 4 is 11.9 Å². The average Bonchev–Trinajstić information content (AvgIpc) is 2.89. The number of hydrogen-bond acceptors (Lipinski definition) is 6. The summed E-state index contributed by atoms with van der Waals surface area (Å²) in [6.07, 6.45) is 1.84. The highest BCUT2D eigenvalue weighted by Gasteiger charge is 2.12. The first-order valence-corrected chi connectivity index (χ1v) is 6.87. The molecule has 0 atom stereocenters. The second-order valence-corrected chi connectivity index (χ2v) is 4.81. The van der Waals surface area contributed by atoms with Crippen LogP contribution in [0.2, 0.25) is 0 Å². The van der Waals surface area contributed by atoms with Gasteiger partial charge >= 0.3 is 0 Å². The van der Waals surface area contributed by atoms with Crippen LogP contribution in [-0.2, 0) is 0 Å². The lowest BCUT2D eigenvalue weighted by Gasteiger charge is -2.18. The SMILES string of the molecule is CCN(CC)c1nc(N)nc(-n2ccc(C(C)C)n2)n1. The van der Waals surface area contributed by atoms with Crippen molar-refractivity contribution in [1.29, 1.82) is 0 Å². The Morgan fingerprint density at radius 2 is 1.90 bits per heavy atom. The van der Waals surface area contributed by atoms with Crippen molar-refractivity contribution < 1.29 is 0 Å². The number of anilines is 2. The smallest absolute Gasteiger partial charge is 0.257 e. The Bertz CT molecular complexity index is 572. The molecule has 2 heterocycles. The highest BCUT2D eigenvalue weighted by Crippen LogP contribution is 2.14. The normalized spacial score (nSPS) is 11.1. The summed E-state index contributed by atoms with van der Waals surface area (Å²) in [4.78, 5) is 14.8. The van der Waals surface area contributed by atoms with Crippen molar-refractivity contribution in [3.05, 3.63) is 18.0 Å². The molecule has 0 saturated heterocycles. The second kappa shape index (κ2) is 5.85. The molecule has 0 fully saturated rings. The molecule has 0 amide bonds. The van der Waals surface area contributed by atoms with Gasteiger partial charge in [-0.3, -0.25) is 0 Å². The summed E-state index contributed by atoms with van der Waals surface area (Å²) >= 11 is 0. The predicted molar refractivity (Wildman–Crippen MR) is 79.0 cm³/mol. The Morgan fingerprint density at radius 1 is 1.20 bits per heavy atom. The maximum Gasteiger partial charge on any atom is 0.257 e. The lowest BCUT2D eigenvalue weighted by Crippen LogP contribution is -2.25. The van der Waals surface area contributed by atoms with Gasteiger partial charge in [0.1, 0.15) is 0 Å². The van der Waals surface area contributed by atoms with E-state index in [9.17, 15) is 0 Å². The van der Waals surface area contributed by atoms with Gasteiger partial charge in [0.05, 0.1) is 5.69 Å². The third-order valence-corrected chi connectivity index (χ3v) is 3.08. The zero-order valence-electron chi connectivity index (χ0n) is 12.4. The van der Waals surface area contributed by atoms with Gasteiger partial charge < -0.3 is 10.6 Å². The molecule has 7 heteroatoms. The zero-order chi connectivity index (χ0) is 14.7. The van der Waals surface area contributed by atoms with Gasteiger partial charge in [-0.25, -0.2) is 4.68 Å². The molecule has 0 aromatic carbocycles. The molecule has 0 spiro atoms. The summed E-state index contributed by atoms with van der Waals surface area (Å²) in [5.74, 6) is 1.60. The Labute approximate surface area is 118 Å². The molecule has 0 radical (unpaired) electrons. The van der Waals surface area contributed by atoms with E-state index >= 15 is 0 Å².